The van der Waals surface area contributed by atoms with Crippen LogP contribution >= 0.6 is 0 Å². The van der Waals surface area contributed by atoms with E-state index in [1.165, 1.54) is 0 Å². The van der Waals surface area contributed by atoms with E-state index in [0.29, 0.717) is 5.95 Å². The van der Waals surface area contributed by atoms with Crippen molar-refractivity contribution in [3.8, 4) is 0 Å². The smallest absolute Gasteiger partial charge is 0.265 e. The molecule has 2 N–H and O–H groups in total. The van der Waals surface area contributed by atoms with Gasteiger partial charge in [-0.25, -0.2) is 0 Å². The number of aromatic nitrogens is 4. The highest BCUT2D eigenvalue weighted by molar-refractivity contribution is 5.26. The Labute approximate surface area is 82.3 Å². The highest BCUT2D eigenvalue weighted by Gasteiger charge is 2.30. The van der Waals surface area contributed by atoms with Crippen LogP contribution < -0.4 is 4.90 Å². The fraction of sp³-hybridized carbons (Fsp3) is 0.875. The molecule has 14 heavy (non-hydrogen) atoms. The molecule has 2 rings (SSSR count). The number of tetrazole rings is 1. The van der Waals surface area contributed by atoms with Gasteiger partial charge in [-0.1, -0.05) is 12.0 Å². The van der Waals surface area contributed by atoms with E-state index < -0.39 is 0 Å². The van der Waals surface area contributed by atoms with Gasteiger partial charge in [0.2, 0.25) is 0 Å². The maximum Gasteiger partial charge on any atom is 0.265 e. The summed E-state index contributed by atoms with van der Waals surface area (Å²) in [6, 6.07) is 0. The zero-order chi connectivity index (χ0) is 10.0. The highest BCUT2D eigenvalue weighted by Crippen LogP contribution is 2.30. The maximum atomic E-state index is 9.20. The summed E-state index contributed by atoms with van der Waals surface area (Å²) in [5.41, 5.74) is 0.0697. The van der Waals surface area contributed by atoms with Crippen LogP contribution in [-0.4, -0.2) is 45.4 Å². The highest BCUT2D eigenvalue weighted by atomic mass is 16.3. The molecular formula is C8H15N5O. The largest absolute Gasteiger partial charge is 0.396 e. The summed E-state index contributed by atoms with van der Waals surface area (Å²) >= 11 is 0. The van der Waals surface area contributed by atoms with Crippen LogP contribution in [0.4, 0.5) is 5.95 Å². The Morgan fingerprint density at radius 3 is 2.71 bits per heavy atom. The van der Waals surface area contributed by atoms with Crippen molar-refractivity contribution in [3.05, 3.63) is 0 Å². The molecule has 0 spiro atoms. The van der Waals surface area contributed by atoms with Crippen LogP contribution in [-0.2, 0) is 0 Å². The molecule has 0 radical (unpaired) electrons. The SMILES string of the molecule is CC1(CO)CCN(c2nn[nH]n2)CC1. The second kappa shape index (κ2) is 3.53. The second-order valence-electron chi connectivity index (χ2n) is 4.17. The fourth-order valence-electron chi connectivity index (χ4n) is 1.70. The van der Waals surface area contributed by atoms with Gasteiger partial charge in [-0.2, -0.15) is 5.21 Å². The van der Waals surface area contributed by atoms with Gasteiger partial charge in [0, 0.05) is 19.7 Å². The van der Waals surface area contributed by atoms with Gasteiger partial charge >= 0.3 is 0 Å². The Bertz CT molecular complexity index is 278. The van der Waals surface area contributed by atoms with E-state index in [4.69, 9.17) is 0 Å². The maximum absolute atomic E-state index is 9.20. The van der Waals surface area contributed by atoms with Gasteiger partial charge in [-0.15, -0.1) is 5.10 Å². The zero-order valence-electron chi connectivity index (χ0n) is 8.27. The summed E-state index contributed by atoms with van der Waals surface area (Å²) in [5.74, 6) is 0.657. The lowest BCUT2D eigenvalue weighted by atomic mass is 9.81. The molecule has 0 unspecified atom stereocenters. The number of nitrogens with zero attached hydrogens (tertiary/aromatic N) is 4. The van der Waals surface area contributed by atoms with Crippen LogP contribution in [0.1, 0.15) is 19.8 Å². The number of nitrogens with one attached hydrogen (secondary N) is 1. The van der Waals surface area contributed by atoms with Crippen LogP contribution in [0.3, 0.4) is 0 Å². The third-order valence-corrected chi connectivity index (χ3v) is 2.97. The Hall–Kier alpha value is -1.17. The standard InChI is InChI=1S/C8H15N5O/c1-8(6-14)2-4-13(5-3-8)7-9-11-12-10-7/h14H,2-6H2,1H3,(H,9,10,11,12). The van der Waals surface area contributed by atoms with Gasteiger partial charge in [0.25, 0.3) is 5.95 Å². The third kappa shape index (κ3) is 1.70. The van der Waals surface area contributed by atoms with Crippen LogP contribution in [0, 0.1) is 5.41 Å². The van der Waals surface area contributed by atoms with Crippen molar-refractivity contribution in [1.29, 1.82) is 0 Å². The second-order valence-corrected chi connectivity index (χ2v) is 4.17. The molecule has 0 amide bonds. The summed E-state index contributed by atoms with van der Waals surface area (Å²) in [4.78, 5) is 2.08. The van der Waals surface area contributed by atoms with E-state index in [9.17, 15) is 5.11 Å². The van der Waals surface area contributed by atoms with Crippen molar-refractivity contribution in [2.75, 3.05) is 24.6 Å². The minimum Gasteiger partial charge on any atom is -0.396 e. The number of aliphatic hydroxyl groups excluding tert-OH is 1. The molecule has 0 saturated carbocycles. The van der Waals surface area contributed by atoms with Crippen LogP contribution in [0.25, 0.3) is 0 Å². The molecule has 0 aliphatic carbocycles. The molecule has 6 nitrogen and oxygen atoms in total. The molecule has 1 aliphatic rings. The first kappa shape index (κ1) is 9.39. The summed E-state index contributed by atoms with van der Waals surface area (Å²) < 4.78 is 0. The number of H-pyrrole nitrogens is 1. The number of anilines is 1. The van der Waals surface area contributed by atoms with Gasteiger partial charge in [0.15, 0.2) is 0 Å². The molecule has 1 saturated heterocycles. The van der Waals surface area contributed by atoms with Crippen molar-refractivity contribution in [2.45, 2.75) is 19.8 Å². The molecule has 0 atom stereocenters. The average molecular weight is 197 g/mol. The molecular weight excluding hydrogens is 182 g/mol. The Morgan fingerprint density at radius 2 is 2.21 bits per heavy atom. The van der Waals surface area contributed by atoms with E-state index in [1.54, 1.807) is 0 Å². The topological polar surface area (TPSA) is 77.9 Å². The van der Waals surface area contributed by atoms with Gasteiger partial charge in [-0.3, -0.25) is 0 Å². The molecule has 1 aromatic rings. The summed E-state index contributed by atoms with van der Waals surface area (Å²) in [6.45, 7) is 4.14. The zero-order valence-corrected chi connectivity index (χ0v) is 8.27. The monoisotopic (exact) mass is 197 g/mol. The van der Waals surface area contributed by atoms with E-state index in [0.717, 1.165) is 25.9 Å². The molecule has 78 valence electrons. The predicted molar refractivity (Wildman–Crippen MR) is 50.8 cm³/mol. The minimum absolute atomic E-state index is 0.0697. The first-order chi connectivity index (χ1) is 6.73. The average Bonchev–Trinajstić information content (AvgIpc) is 2.72. The molecule has 1 aromatic heterocycles. The Balaban J connectivity index is 1.97. The normalized spacial score (nSPS) is 21.1. The van der Waals surface area contributed by atoms with Crippen LogP contribution in [0.15, 0.2) is 0 Å². The first-order valence-electron chi connectivity index (χ1n) is 4.83. The van der Waals surface area contributed by atoms with E-state index in [-0.39, 0.29) is 12.0 Å². The number of hydrogen-bond acceptors (Lipinski definition) is 5. The summed E-state index contributed by atoms with van der Waals surface area (Å²) in [6.07, 6.45) is 1.94. The summed E-state index contributed by atoms with van der Waals surface area (Å²) in [5, 5.41) is 23.0. The number of piperidine rings is 1. The van der Waals surface area contributed by atoms with Crippen molar-refractivity contribution >= 4 is 5.95 Å². The molecule has 6 heteroatoms. The fourth-order valence-corrected chi connectivity index (χ4v) is 1.70. The minimum atomic E-state index is 0.0697. The van der Waals surface area contributed by atoms with Crippen molar-refractivity contribution in [1.82, 2.24) is 20.6 Å². The van der Waals surface area contributed by atoms with Crippen molar-refractivity contribution in [3.63, 3.8) is 0 Å². The van der Waals surface area contributed by atoms with Crippen molar-refractivity contribution < 1.29 is 5.11 Å². The third-order valence-electron chi connectivity index (χ3n) is 2.97. The number of aromatic amines is 1. The lowest BCUT2D eigenvalue weighted by molar-refractivity contribution is 0.114. The molecule has 0 bridgehead atoms. The first-order valence-corrected chi connectivity index (χ1v) is 4.83. The van der Waals surface area contributed by atoms with Gasteiger partial charge in [-0.05, 0) is 23.5 Å². The molecule has 1 aliphatic heterocycles. The Morgan fingerprint density at radius 1 is 1.50 bits per heavy atom. The molecule has 1 fully saturated rings. The van der Waals surface area contributed by atoms with Gasteiger partial charge in [0.05, 0.1) is 0 Å². The van der Waals surface area contributed by atoms with E-state index in [1.807, 2.05) is 0 Å². The Kier molecular flexibility index (Phi) is 2.37. The lowest BCUT2D eigenvalue weighted by Crippen LogP contribution is -2.40. The number of aliphatic hydroxyl groups is 1. The van der Waals surface area contributed by atoms with E-state index in [2.05, 4.69) is 32.4 Å². The van der Waals surface area contributed by atoms with Crippen molar-refractivity contribution in [2.24, 2.45) is 5.41 Å². The van der Waals surface area contributed by atoms with E-state index >= 15 is 0 Å². The van der Waals surface area contributed by atoms with Crippen LogP contribution in [0.5, 0.6) is 0 Å². The lowest BCUT2D eigenvalue weighted by Gasteiger charge is -2.37. The van der Waals surface area contributed by atoms with Crippen LogP contribution in [0.2, 0.25) is 0 Å². The quantitative estimate of drug-likeness (QED) is 0.686. The molecule has 2 heterocycles. The number of hydrogen-bond donors (Lipinski definition) is 2. The van der Waals surface area contributed by atoms with Gasteiger partial charge in [0.1, 0.15) is 0 Å². The van der Waals surface area contributed by atoms with Gasteiger partial charge < -0.3 is 10.0 Å². The number of rotatable bonds is 2. The summed E-state index contributed by atoms with van der Waals surface area (Å²) in [7, 11) is 0. The molecule has 0 aromatic carbocycles. The predicted octanol–water partition coefficient (Wildman–Crippen LogP) is -0.202.